The summed E-state index contributed by atoms with van der Waals surface area (Å²) >= 11 is 0. The van der Waals surface area contributed by atoms with Gasteiger partial charge in [0, 0.05) is 5.92 Å². The van der Waals surface area contributed by atoms with Crippen LogP contribution in [0.2, 0.25) is 0 Å². The Labute approximate surface area is 106 Å². The third kappa shape index (κ3) is 2.94. The monoisotopic (exact) mass is 234 g/mol. The molecule has 0 saturated carbocycles. The molecule has 1 heteroatoms. The van der Waals surface area contributed by atoms with Crippen LogP contribution in [-0.4, -0.2) is 5.11 Å². The van der Waals surface area contributed by atoms with Crippen molar-refractivity contribution in [2.45, 2.75) is 58.8 Å². The van der Waals surface area contributed by atoms with E-state index in [1.165, 1.54) is 32.1 Å². The number of aliphatic hydroxyl groups excluding tert-OH is 1. The minimum atomic E-state index is 0.414. The van der Waals surface area contributed by atoms with Crippen LogP contribution in [0.1, 0.15) is 58.8 Å². The molecule has 0 amide bonds. The third-order valence-electron chi connectivity index (χ3n) is 4.70. The number of allylic oxidation sites excluding steroid dienone is 4. The highest BCUT2D eigenvalue weighted by molar-refractivity contribution is 5.16. The van der Waals surface area contributed by atoms with Crippen LogP contribution in [0, 0.1) is 17.8 Å². The Hall–Kier alpha value is -0.720. The van der Waals surface area contributed by atoms with Gasteiger partial charge in [0.15, 0.2) is 0 Å². The molecule has 3 unspecified atom stereocenters. The van der Waals surface area contributed by atoms with E-state index in [0.29, 0.717) is 17.6 Å². The van der Waals surface area contributed by atoms with Gasteiger partial charge < -0.3 is 5.11 Å². The minimum absolute atomic E-state index is 0.414. The van der Waals surface area contributed by atoms with Crippen LogP contribution in [-0.2, 0) is 0 Å². The summed E-state index contributed by atoms with van der Waals surface area (Å²) < 4.78 is 0. The van der Waals surface area contributed by atoms with E-state index in [1.807, 2.05) is 0 Å². The van der Waals surface area contributed by atoms with E-state index < -0.39 is 0 Å². The van der Waals surface area contributed by atoms with Gasteiger partial charge in [0.05, 0.1) is 5.76 Å². The zero-order valence-electron chi connectivity index (χ0n) is 11.3. The fourth-order valence-corrected chi connectivity index (χ4v) is 3.37. The fourth-order valence-electron chi connectivity index (χ4n) is 3.37. The second kappa shape index (κ2) is 5.75. The van der Waals surface area contributed by atoms with Gasteiger partial charge in [-0.05, 0) is 56.4 Å². The Morgan fingerprint density at radius 2 is 2.06 bits per heavy atom. The van der Waals surface area contributed by atoms with Crippen molar-refractivity contribution >= 4 is 0 Å². The summed E-state index contributed by atoms with van der Waals surface area (Å²) in [6, 6.07) is 0. The van der Waals surface area contributed by atoms with Crippen LogP contribution in [0.3, 0.4) is 0 Å². The number of rotatable bonds is 3. The molecule has 0 spiro atoms. The van der Waals surface area contributed by atoms with E-state index in [0.717, 1.165) is 18.8 Å². The number of hydrogen-bond acceptors (Lipinski definition) is 1. The topological polar surface area (TPSA) is 20.2 Å². The Balaban J connectivity index is 2.02. The molecule has 96 valence electrons. The summed E-state index contributed by atoms with van der Waals surface area (Å²) in [5.74, 6) is 2.68. The third-order valence-corrected chi connectivity index (χ3v) is 4.70. The van der Waals surface area contributed by atoms with E-state index >= 15 is 0 Å². The van der Waals surface area contributed by atoms with Crippen molar-refractivity contribution in [1.29, 1.82) is 0 Å². The minimum Gasteiger partial charge on any atom is -0.512 e. The van der Waals surface area contributed by atoms with Gasteiger partial charge in [0.1, 0.15) is 0 Å². The van der Waals surface area contributed by atoms with E-state index in [4.69, 9.17) is 0 Å². The zero-order valence-corrected chi connectivity index (χ0v) is 11.3. The van der Waals surface area contributed by atoms with Gasteiger partial charge in [-0.25, -0.2) is 0 Å². The van der Waals surface area contributed by atoms with Crippen molar-refractivity contribution in [2.75, 3.05) is 0 Å². The summed E-state index contributed by atoms with van der Waals surface area (Å²) in [7, 11) is 0. The molecule has 1 nitrogen and oxygen atoms in total. The Morgan fingerprint density at radius 3 is 2.76 bits per heavy atom. The predicted octanol–water partition coefficient (Wildman–Crippen LogP) is 5.00. The number of aliphatic hydroxyl groups is 1. The van der Waals surface area contributed by atoms with Gasteiger partial charge in [0.25, 0.3) is 0 Å². The molecule has 0 fully saturated rings. The van der Waals surface area contributed by atoms with E-state index in [-0.39, 0.29) is 0 Å². The second-order valence-electron chi connectivity index (χ2n) is 5.74. The molecule has 2 rings (SSSR count). The van der Waals surface area contributed by atoms with Crippen molar-refractivity contribution in [3.63, 3.8) is 0 Å². The first-order valence-electron chi connectivity index (χ1n) is 7.32. The van der Waals surface area contributed by atoms with Crippen LogP contribution < -0.4 is 0 Å². The first kappa shape index (κ1) is 12.7. The van der Waals surface area contributed by atoms with Crippen molar-refractivity contribution in [1.82, 2.24) is 0 Å². The van der Waals surface area contributed by atoms with Crippen LogP contribution in [0.5, 0.6) is 0 Å². The maximum absolute atomic E-state index is 9.82. The van der Waals surface area contributed by atoms with Gasteiger partial charge in [-0.15, -0.1) is 0 Å². The molecule has 0 radical (unpaired) electrons. The Kier molecular flexibility index (Phi) is 4.31. The lowest BCUT2D eigenvalue weighted by Gasteiger charge is -2.32. The SMILES string of the molecule is CCC1CCC=C(C2CC=C(O)C(CC)C2)C1. The predicted molar refractivity (Wildman–Crippen MR) is 72.9 cm³/mol. The Bertz CT molecular complexity index is 313. The fraction of sp³-hybridized carbons (Fsp3) is 0.750. The van der Waals surface area contributed by atoms with Crippen LogP contribution in [0.25, 0.3) is 0 Å². The molecule has 3 atom stereocenters. The van der Waals surface area contributed by atoms with Crippen LogP contribution >= 0.6 is 0 Å². The van der Waals surface area contributed by atoms with Crippen molar-refractivity contribution in [2.24, 2.45) is 17.8 Å². The molecule has 0 heterocycles. The van der Waals surface area contributed by atoms with Crippen LogP contribution in [0.4, 0.5) is 0 Å². The smallest absolute Gasteiger partial charge is 0.0914 e. The lowest BCUT2D eigenvalue weighted by Crippen LogP contribution is -2.20. The molecule has 0 aromatic carbocycles. The standard InChI is InChI=1S/C16H26O/c1-3-12-6-5-7-14(10-12)15-8-9-16(17)13(4-2)11-15/h7,9,12-13,15,17H,3-6,8,10-11H2,1-2H3. The molecule has 0 aliphatic heterocycles. The van der Waals surface area contributed by atoms with Gasteiger partial charge in [-0.3, -0.25) is 0 Å². The summed E-state index contributed by atoms with van der Waals surface area (Å²) in [5.41, 5.74) is 1.69. The molecule has 17 heavy (non-hydrogen) atoms. The van der Waals surface area contributed by atoms with E-state index in [2.05, 4.69) is 26.0 Å². The zero-order chi connectivity index (χ0) is 12.3. The Morgan fingerprint density at radius 1 is 1.24 bits per heavy atom. The largest absolute Gasteiger partial charge is 0.512 e. The summed E-state index contributed by atoms with van der Waals surface area (Å²) in [4.78, 5) is 0. The van der Waals surface area contributed by atoms with E-state index in [9.17, 15) is 5.11 Å². The first-order valence-corrected chi connectivity index (χ1v) is 7.32. The summed E-state index contributed by atoms with van der Waals surface area (Å²) in [6.07, 6.45) is 13.1. The highest BCUT2D eigenvalue weighted by atomic mass is 16.3. The molecule has 1 N–H and O–H groups in total. The van der Waals surface area contributed by atoms with Crippen molar-refractivity contribution < 1.29 is 5.11 Å². The second-order valence-corrected chi connectivity index (χ2v) is 5.74. The highest BCUT2D eigenvalue weighted by Crippen LogP contribution is 2.39. The molecular formula is C16H26O. The number of hydrogen-bond donors (Lipinski definition) is 1. The highest BCUT2D eigenvalue weighted by Gasteiger charge is 2.27. The molecule has 2 aliphatic rings. The molecule has 0 aromatic rings. The van der Waals surface area contributed by atoms with Gasteiger partial charge in [-0.2, -0.15) is 0 Å². The summed E-state index contributed by atoms with van der Waals surface area (Å²) in [6.45, 7) is 4.50. The molecule has 2 aliphatic carbocycles. The van der Waals surface area contributed by atoms with E-state index in [1.54, 1.807) is 5.57 Å². The molecule has 0 bridgehead atoms. The lowest BCUT2D eigenvalue weighted by atomic mass is 9.74. The maximum Gasteiger partial charge on any atom is 0.0914 e. The van der Waals surface area contributed by atoms with Gasteiger partial charge >= 0.3 is 0 Å². The van der Waals surface area contributed by atoms with Crippen molar-refractivity contribution in [3.05, 3.63) is 23.5 Å². The first-order chi connectivity index (χ1) is 8.24. The normalized spacial score (nSPS) is 34.1. The maximum atomic E-state index is 9.82. The lowest BCUT2D eigenvalue weighted by molar-refractivity contribution is 0.264. The van der Waals surface area contributed by atoms with Gasteiger partial charge in [-0.1, -0.05) is 31.9 Å². The van der Waals surface area contributed by atoms with Gasteiger partial charge in [0.2, 0.25) is 0 Å². The summed E-state index contributed by atoms with van der Waals surface area (Å²) in [5, 5.41) is 9.82. The molecule has 0 aromatic heterocycles. The average Bonchev–Trinajstić information content (AvgIpc) is 2.39. The van der Waals surface area contributed by atoms with Crippen LogP contribution in [0.15, 0.2) is 23.5 Å². The average molecular weight is 234 g/mol. The quantitative estimate of drug-likeness (QED) is 0.681. The molecular weight excluding hydrogens is 208 g/mol. The van der Waals surface area contributed by atoms with Crippen molar-refractivity contribution in [3.8, 4) is 0 Å². The molecule has 0 saturated heterocycles.